The number of amides is 1. The molecule has 4 nitrogen and oxygen atoms in total. The van der Waals surface area contributed by atoms with Gasteiger partial charge in [0.2, 0.25) is 0 Å². The second-order valence-corrected chi connectivity index (χ2v) is 1.56. The molecule has 1 rings (SSSR count). The summed E-state index contributed by atoms with van der Waals surface area (Å²) in [4.78, 5) is 13.7. The predicted molar refractivity (Wildman–Crippen MR) is 32.1 cm³/mol. The first-order valence-electron chi connectivity index (χ1n) is 2.44. The summed E-state index contributed by atoms with van der Waals surface area (Å²) >= 11 is 0. The Balaban J connectivity index is 2.76. The van der Waals surface area contributed by atoms with Crippen molar-refractivity contribution in [2.24, 2.45) is 0 Å². The molecule has 9 heavy (non-hydrogen) atoms. The van der Waals surface area contributed by atoms with Gasteiger partial charge in [-0.2, -0.15) is 0 Å². The molecule has 0 aliphatic carbocycles. The van der Waals surface area contributed by atoms with E-state index in [0.717, 1.165) is 0 Å². The summed E-state index contributed by atoms with van der Waals surface area (Å²) < 4.78 is 1.52. The van der Waals surface area contributed by atoms with Crippen LogP contribution in [-0.4, -0.2) is 23.1 Å². The van der Waals surface area contributed by atoms with Crippen molar-refractivity contribution in [3.05, 3.63) is 18.7 Å². The van der Waals surface area contributed by atoms with E-state index >= 15 is 0 Å². The lowest BCUT2D eigenvalue weighted by atomic mass is 10.9. The van der Waals surface area contributed by atoms with E-state index in [4.69, 9.17) is 0 Å². The third-order valence-electron chi connectivity index (χ3n) is 0.969. The standard InChI is InChI=1S/C5H6N3O/c1-7(5-9)8-3-2-6-4-8/h2-4H,1H3. The van der Waals surface area contributed by atoms with E-state index in [2.05, 4.69) is 4.98 Å². The van der Waals surface area contributed by atoms with Gasteiger partial charge in [0.25, 0.3) is 0 Å². The third kappa shape index (κ3) is 1.07. The van der Waals surface area contributed by atoms with Gasteiger partial charge in [-0.25, -0.2) is 14.7 Å². The lowest BCUT2D eigenvalue weighted by Gasteiger charge is -2.07. The number of nitrogens with zero attached hydrogens (tertiary/aromatic N) is 3. The molecular weight excluding hydrogens is 118 g/mol. The summed E-state index contributed by atoms with van der Waals surface area (Å²) in [5.41, 5.74) is 0. The molecule has 0 atom stereocenters. The largest absolute Gasteiger partial charge is 0.332 e. The SMILES string of the molecule is CN([C]=O)n1ccnc1. The van der Waals surface area contributed by atoms with Gasteiger partial charge in [0, 0.05) is 19.4 Å². The van der Waals surface area contributed by atoms with E-state index < -0.39 is 0 Å². The number of carbonyl (C=O) groups excluding carboxylic acids is 1. The molecule has 1 heterocycles. The lowest BCUT2D eigenvalue weighted by Crippen LogP contribution is -2.26. The quantitative estimate of drug-likeness (QED) is 0.499. The fraction of sp³-hybridized carbons (Fsp3) is 0.200. The summed E-state index contributed by atoms with van der Waals surface area (Å²) in [7, 11) is 1.59. The molecule has 0 N–H and O–H groups in total. The highest BCUT2D eigenvalue weighted by Crippen LogP contribution is 1.81. The Morgan fingerprint density at radius 2 is 2.56 bits per heavy atom. The topological polar surface area (TPSA) is 38.1 Å². The molecule has 0 unspecified atom stereocenters. The maximum Gasteiger partial charge on any atom is 0.332 e. The molecule has 0 aliphatic heterocycles. The molecule has 47 valence electrons. The number of aromatic nitrogens is 2. The zero-order valence-corrected chi connectivity index (χ0v) is 4.98. The van der Waals surface area contributed by atoms with E-state index in [-0.39, 0.29) is 0 Å². The molecule has 0 saturated carbocycles. The number of imidazole rings is 1. The summed E-state index contributed by atoms with van der Waals surface area (Å²) in [6.45, 7) is 0. The number of hydrogen-bond donors (Lipinski definition) is 0. The molecule has 1 amide bonds. The van der Waals surface area contributed by atoms with Crippen LogP contribution in [0.5, 0.6) is 0 Å². The number of hydrogen-bond acceptors (Lipinski definition) is 2. The van der Waals surface area contributed by atoms with Crippen molar-refractivity contribution in [2.45, 2.75) is 0 Å². The van der Waals surface area contributed by atoms with Gasteiger partial charge in [0.05, 0.1) is 0 Å². The average Bonchev–Trinajstić information content (AvgIpc) is 2.37. The third-order valence-corrected chi connectivity index (χ3v) is 0.969. The van der Waals surface area contributed by atoms with Crippen molar-refractivity contribution in [2.75, 3.05) is 12.1 Å². The highest BCUT2D eigenvalue weighted by molar-refractivity contribution is 5.60. The van der Waals surface area contributed by atoms with Crippen LogP contribution in [0.4, 0.5) is 0 Å². The smallest absolute Gasteiger partial charge is 0.261 e. The highest BCUT2D eigenvalue weighted by atomic mass is 16.1. The van der Waals surface area contributed by atoms with Gasteiger partial charge in [-0.15, -0.1) is 0 Å². The first-order valence-corrected chi connectivity index (χ1v) is 2.44. The molecule has 0 aromatic carbocycles. The van der Waals surface area contributed by atoms with Crippen molar-refractivity contribution < 1.29 is 4.79 Å². The van der Waals surface area contributed by atoms with Gasteiger partial charge in [0.1, 0.15) is 6.33 Å². The van der Waals surface area contributed by atoms with E-state index in [0.29, 0.717) is 0 Å². The van der Waals surface area contributed by atoms with E-state index in [1.165, 1.54) is 16.0 Å². The summed E-state index contributed by atoms with van der Waals surface area (Å²) in [6.07, 6.45) is 6.44. The Morgan fingerprint density at radius 3 is 3.00 bits per heavy atom. The average molecular weight is 124 g/mol. The van der Waals surface area contributed by atoms with Gasteiger partial charge < -0.3 is 0 Å². The second-order valence-electron chi connectivity index (χ2n) is 1.56. The minimum Gasteiger partial charge on any atom is -0.261 e. The Morgan fingerprint density at radius 1 is 1.78 bits per heavy atom. The zero-order valence-electron chi connectivity index (χ0n) is 4.98. The Hall–Kier alpha value is -1.32. The van der Waals surface area contributed by atoms with Crippen LogP contribution >= 0.6 is 0 Å². The van der Waals surface area contributed by atoms with Crippen molar-refractivity contribution >= 4 is 6.41 Å². The molecule has 0 fully saturated rings. The maximum atomic E-state index is 9.96. The molecule has 1 aromatic heterocycles. The number of rotatable bonds is 2. The van der Waals surface area contributed by atoms with Crippen LogP contribution in [-0.2, 0) is 4.79 Å². The second kappa shape index (κ2) is 2.30. The van der Waals surface area contributed by atoms with E-state index in [1.54, 1.807) is 25.9 Å². The van der Waals surface area contributed by atoms with Gasteiger partial charge in [0.15, 0.2) is 0 Å². The molecule has 1 radical (unpaired) electrons. The molecule has 0 saturated heterocycles. The van der Waals surface area contributed by atoms with Crippen LogP contribution in [0.3, 0.4) is 0 Å². The first-order chi connectivity index (χ1) is 4.34. The molecule has 0 bridgehead atoms. The normalized spacial score (nSPS) is 9.00. The fourth-order valence-corrected chi connectivity index (χ4v) is 0.477. The molecule has 0 spiro atoms. The molecule has 1 aromatic rings. The molecule has 4 heteroatoms. The monoisotopic (exact) mass is 124 g/mol. The minimum absolute atomic E-state index is 1.26. The Labute approximate surface area is 52.7 Å². The molecule has 0 aliphatic rings. The van der Waals surface area contributed by atoms with Crippen LogP contribution in [0.15, 0.2) is 18.7 Å². The molecular formula is C5H6N3O. The van der Waals surface area contributed by atoms with Crippen LogP contribution < -0.4 is 5.01 Å². The lowest BCUT2D eigenvalue weighted by molar-refractivity contribution is 0.540. The van der Waals surface area contributed by atoms with Crippen LogP contribution in [0.2, 0.25) is 0 Å². The fourth-order valence-electron chi connectivity index (χ4n) is 0.477. The predicted octanol–water partition coefficient (Wildman–Crippen LogP) is -0.482. The summed E-state index contributed by atoms with van der Waals surface area (Å²) in [5.74, 6) is 0. The van der Waals surface area contributed by atoms with Gasteiger partial charge >= 0.3 is 6.41 Å². The van der Waals surface area contributed by atoms with Gasteiger partial charge in [-0.3, -0.25) is 4.79 Å². The Bertz CT molecular complexity index is 182. The minimum atomic E-state index is 1.26. The maximum absolute atomic E-state index is 9.96. The summed E-state index contributed by atoms with van der Waals surface area (Å²) in [6, 6.07) is 0. The van der Waals surface area contributed by atoms with Gasteiger partial charge in [-0.05, 0) is 0 Å². The van der Waals surface area contributed by atoms with E-state index in [9.17, 15) is 4.79 Å². The van der Waals surface area contributed by atoms with E-state index in [1.807, 2.05) is 0 Å². The summed E-state index contributed by atoms with van der Waals surface area (Å²) in [5, 5.41) is 1.26. The van der Waals surface area contributed by atoms with Gasteiger partial charge in [-0.1, -0.05) is 0 Å². The highest BCUT2D eigenvalue weighted by Gasteiger charge is 1.92. The first kappa shape index (κ1) is 5.81. The van der Waals surface area contributed by atoms with Crippen LogP contribution in [0.1, 0.15) is 0 Å². The van der Waals surface area contributed by atoms with Crippen molar-refractivity contribution in [3.63, 3.8) is 0 Å². The Kier molecular flexibility index (Phi) is 1.48. The van der Waals surface area contributed by atoms with Crippen molar-refractivity contribution in [1.29, 1.82) is 0 Å². The van der Waals surface area contributed by atoms with Crippen molar-refractivity contribution in [1.82, 2.24) is 9.66 Å². The van der Waals surface area contributed by atoms with Crippen LogP contribution in [0, 0.1) is 0 Å². The van der Waals surface area contributed by atoms with Crippen LogP contribution in [0.25, 0.3) is 0 Å². The van der Waals surface area contributed by atoms with Crippen molar-refractivity contribution in [3.8, 4) is 0 Å². The zero-order chi connectivity index (χ0) is 6.69.